The summed E-state index contributed by atoms with van der Waals surface area (Å²) in [6, 6.07) is 3.90. The lowest BCUT2D eigenvalue weighted by Crippen LogP contribution is -2.47. The molecule has 0 aromatic heterocycles. The third kappa shape index (κ3) is 2.03. The van der Waals surface area contributed by atoms with Gasteiger partial charge in [-0.3, -0.25) is 0 Å². The molecular weight excluding hydrogens is 256 g/mol. The Balaban J connectivity index is 2.10. The van der Waals surface area contributed by atoms with Crippen LogP contribution in [0.4, 0.5) is 0 Å². The molecule has 20 heavy (non-hydrogen) atoms. The molecule has 1 saturated heterocycles. The van der Waals surface area contributed by atoms with E-state index in [2.05, 4.69) is 13.8 Å². The second-order valence-corrected chi connectivity index (χ2v) is 5.99. The molecule has 0 aliphatic carbocycles. The maximum absolute atomic E-state index is 6.22. The minimum Gasteiger partial charge on any atom is -0.493 e. The minimum absolute atomic E-state index is 0.0855. The Kier molecular flexibility index (Phi) is 3.28. The highest BCUT2D eigenvalue weighted by Gasteiger charge is 2.46. The van der Waals surface area contributed by atoms with E-state index >= 15 is 0 Å². The molecule has 2 aliphatic rings. The van der Waals surface area contributed by atoms with Gasteiger partial charge >= 0.3 is 0 Å². The Bertz CT molecular complexity index is 509. The lowest BCUT2D eigenvalue weighted by molar-refractivity contribution is -0.116. The van der Waals surface area contributed by atoms with Crippen molar-refractivity contribution < 1.29 is 18.9 Å². The fraction of sp³-hybridized carbons (Fsp3) is 0.625. The smallest absolute Gasteiger partial charge is 0.164 e. The van der Waals surface area contributed by atoms with Crippen LogP contribution < -0.4 is 14.2 Å². The quantitative estimate of drug-likeness (QED) is 0.831. The molecule has 2 aliphatic heterocycles. The molecule has 1 fully saturated rings. The van der Waals surface area contributed by atoms with E-state index < -0.39 is 0 Å². The molecule has 0 bridgehead atoms. The third-order valence-electron chi connectivity index (χ3n) is 4.41. The van der Waals surface area contributed by atoms with Crippen molar-refractivity contribution in [2.75, 3.05) is 20.8 Å². The summed E-state index contributed by atoms with van der Waals surface area (Å²) < 4.78 is 23.0. The molecule has 3 rings (SSSR count). The van der Waals surface area contributed by atoms with Crippen molar-refractivity contribution in [2.45, 2.75) is 38.4 Å². The number of methoxy groups -OCH3 is 2. The van der Waals surface area contributed by atoms with Crippen molar-refractivity contribution >= 4 is 0 Å². The molecule has 1 aromatic rings. The molecule has 1 aromatic carbocycles. The van der Waals surface area contributed by atoms with E-state index in [-0.39, 0.29) is 11.7 Å². The summed E-state index contributed by atoms with van der Waals surface area (Å²) in [7, 11) is 3.29. The van der Waals surface area contributed by atoms with Gasteiger partial charge in [-0.1, -0.05) is 0 Å². The monoisotopic (exact) mass is 278 g/mol. The number of hydrogen-bond acceptors (Lipinski definition) is 4. The number of rotatable bonds is 2. The van der Waals surface area contributed by atoms with Crippen molar-refractivity contribution in [1.82, 2.24) is 0 Å². The SMILES string of the molecule is COc1cc2c(cc1OC)[C@@H]1OCCC[C@H]1C(C)(C)O2. The number of ether oxygens (including phenoxy) is 4. The van der Waals surface area contributed by atoms with E-state index in [0.29, 0.717) is 11.7 Å². The van der Waals surface area contributed by atoms with Crippen LogP contribution in [0.5, 0.6) is 17.2 Å². The Morgan fingerprint density at radius 1 is 1.15 bits per heavy atom. The molecule has 0 spiro atoms. The van der Waals surface area contributed by atoms with Gasteiger partial charge in [0.15, 0.2) is 11.5 Å². The molecule has 4 heteroatoms. The van der Waals surface area contributed by atoms with Crippen molar-refractivity contribution in [3.05, 3.63) is 17.7 Å². The maximum Gasteiger partial charge on any atom is 0.164 e. The summed E-state index contributed by atoms with van der Waals surface area (Å²) in [6.45, 7) is 5.09. The lowest BCUT2D eigenvalue weighted by atomic mass is 9.76. The van der Waals surface area contributed by atoms with Gasteiger partial charge in [0, 0.05) is 24.2 Å². The second kappa shape index (κ2) is 4.85. The second-order valence-electron chi connectivity index (χ2n) is 5.99. The fourth-order valence-corrected chi connectivity index (χ4v) is 3.35. The van der Waals surface area contributed by atoms with Gasteiger partial charge in [0.2, 0.25) is 0 Å². The van der Waals surface area contributed by atoms with E-state index in [9.17, 15) is 0 Å². The number of fused-ring (bicyclic) bond motifs is 3. The average Bonchev–Trinajstić information content (AvgIpc) is 2.46. The highest BCUT2D eigenvalue weighted by atomic mass is 16.5. The first kappa shape index (κ1) is 13.6. The molecule has 0 unspecified atom stereocenters. The number of benzene rings is 1. The van der Waals surface area contributed by atoms with Crippen LogP contribution in [-0.4, -0.2) is 26.4 Å². The first-order chi connectivity index (χ1) is 9.56. The first-order valence-electron chi connectivity index (χ1n) is 7.13. The zero-order chi connectivity index (χ0) is 14.3. The van der Waals surface area contributed by atoms with Crippen LogP contribution in [0.2, 0.25) is 0 Å². The van der Waals surface area contributed by atoms with Crippen LogP contribution in [0.15, 0.2) is 12.1 Å². The predicted molar refractivity (Wildman–Crippen MR) is 75.7 cm³/mol. The Labute approximate surface area is 120 Å². The Hall–Kier alpha value is -1.42. The van der Waals surface area contributed by atoms with E-state index in [4.69, 9.17) is 18.9 Å². The van der Waals surface area contributed by atoms with Crippen molar-refractivity contribution in [3.8, 4) is 17.2 Å². The van der Waals surface area contributed by atoms with Crippen LogP contribution in [0.1, 0.15) is 38.4 Å². The van der Waals surface area contributed by atoms with Gasteiger partial charge in [-0.2, -0.15) is 0 Å². The molecule has 0 radical (unpaired) electrons. The van der Waals surface area contributed by atoms with E-state index in [1.807, 2.05) is 12.1 Å². The molecule has 2 atom stereocenters. The summed E-state index contributed by atoms with van der Waals surface area (Å²) in [5.74, 6) is 2.64. The Morgan fingerprint density at radius 2 is 1.85 bits per heavy atom. The predicted octanol–water partition coefficient (Wildman–Crippen LogP) is 3.34. The molecule has 0 saturated carbocycles. The summed E-state index contributed by atoms with van der Waals surface area (Å²) in [4.78, 5) is 0. The third-order valence-corrected chi connectivity index (χ3v) is 4.41. The highest BCUT2D eigenvalue weighted by Crippen LogP contribution is 2.51. The summed E-state index contributed by atoms with van der Waals surface area (Å²) >= 11 is 0. The number of hydrogen-bond donors (Lipinski definition) is 0. The maximum atomic E-state index is 6.22. The molecule has 0 N–H and O–H groups in total. The molecule has 110 valence electrons. The van der Waals surface area contributed by atoms with Crippen LogP contribution in [0, 0.1) is 5.92 Å². The van der Waals surface area contributed by atoms with Gasteiger partial charge in [-0.15, -0.1) is 0 Å². The zero-order valence-corrected chi connectivity index (χ0v) is 12.6. The largest absolute Gasteiger partial charge is 0.493 e. The molecular formula is C16H22O4. The van der Waals surface area contributed by atoms with Gasteiger partial charge in [-0.25, -0.2) is 0 Å². The lowest BCUT2D eigenvalue weighted by Gasteiger charge is -2.47. The van der Waals surface area contributed by atoms with E-state index in [0.717, 1.165) is 36.5 Å². The fourth-order valence-electron chi connectivity index (χ4n) is 3.35. The van der Waals surface area contributed by atoms with Crippen LogP contribution in [0.3, 0.4) is 0 Å². The Morgan fingerprint density at radius 3 is 2.55 bits per heavy atom. The van der Waals surface area contributed by atoms with Crippen LogP contribution in [0.25, 0.3) is 0 Å². The van der Waals surface area contributed by atoms with Gasteiger partial charge < -0.3 is 18.9 Å². The van der Waals surface area contributed by atoms with Crippen LogP contribution >= 0.6 is 0 Å². The average molecular weight is 278 g/mol. The van der Waals surface area contributed by atoms with Crippen molar-refractivity contribution in [3.63, 3.8) is 0 Å². The molecule has 0 amide bonds. The molecule has 2 heterocycles. The standard InChI is InChI=1S/C16H22O4/c1-16(2)11-6-5-7-19-15(11)10-8-13(17-3)14(18-4)9-12(10)20-16/h8-9,11,15H,5-7H2,1-4H3/t11-,15+/m1/s1. The zero-order valence-electron chi connectivity index (χ0n) is 12.6. The summed E-state index contributed by atoms with van der Waals surface area (Å²) in [5.41, 5.74) is 0.851. The van der Waals surface area contributed by atoms with Crippen molar-refractivity contribution in [2.24, 2.45) is 5.92 Å². The van der Waals surface area contributed by atoms with Gasteiger partial charge in [-0.05, 0) is 32.8 Å². The van der Waals surface area contributed by atoms with Crippen molar-refractivity contribution in [1.29, 1.82) is 0 Å². The topological polar surface area (TPSA) is 36.9 Å². The van der Waals surface area contributed by atoms with E-state index in [1.54, 1.807) is 14.2 Å². The molecule has 4 nitrogen and oxygen atoms in total. The van der Waals surface area contributed by atoms with Crippen LogP contribution in [-0.2, 0) is 4.74 Å². The normalized spacial score (nSPS) is 27.0. The van der Waals surface area contributed by atoms with Gasteiger partial charge in [0.25, 0.3) is 0 Å². The first-order valence-corrected chi connectivity index (χ1v) is 7.13. The summed E-state index contributed by atoms with van der Waals surface area (Å²) in [6.07, 6.45) is 2.31. The van der Waals surface area contributed by atoms with Gasteiger partial charge in [0.05, 0.1) is 20.3 Å². The van der Waals surface area contributed by atoms with Gasteiger partial charge in [0.1, 0.15) is 11.4 Å². The minimum atomic E-state index is -0.225. The van der Waals surface area contributed by atoms with E-state index in [1.165, 1.54) is 0 Å². The highest BCUT2D eigenvalue weighted by molar-refractivity contribution is 5.53. The summed E-state index contributed by atoms with van der Waals surface area (Å²) in [5, 5.41) is 0.